The second-order valence-electron chi connectivity index (χ2n) is 2.44. The van der Waals surface area contributed by atoms with Gasteiger partial charge in [-0.1, -0.05) is 6.58 Å². The lowest BCUT2D eigenvalue weighted by molar-refractivity contribution is 1.32. The molecular formula is C10H12N4. The van der Waals surface area contributed by atoms with Crippen molar-refractivity contribution in [2.24, 2.45) is 10.7 Å². The van der Waals surface area contributed by atoms with E-state index in [2.05, 4.69) is 21.9 Å². The van der Waals surface area contributed by atoms with E-state index in [1.807, 2.05) is 12.1 Å². The third-order valence-corrected chi connectivity index (χ3v) is 1.47. The van der Waals surface area contributed by atoms with E-state index in [1.54, 1.807) is 18.6 Å². The quantitative estimate of drug-likeness (QED) is 0.704. The van der Waals surface area contributed by atoms with E-state index < -0.39 is 0 Å². The van der Waals surface area contributed by atoms with Gasteiger partial charge in [-0.2, -0.15) is 0 Å². The van der Waals surface area contributed by atoms with Gasteiger partial charge in [-0.25, -0.2) is 0 Å². The molecule has 4 nitrogen and oxygen atoms in total. The number of hydrogen-bond acceptors (Lipinski definition) is 4. The fourth-order valence-electron chi connectivity index (χ4n) is 0.852. The van der Waals surface area contributed by atoms with Gasteiger partial charge in [0.25, 0.3) is 0 Å². The normalized spacial score (nSPS) is 11.6. The Kier molecular flexibility index (Phi) is 3.94. The summed E-state index contributed by atoms with van der Waals surface area (Å²) in [5, 5.41) is 3.06. The Morgan fingerprint density at radius 2 is 2.21 bits per heavy atom. The second kappa shape index (κ2) is 5.53. The van der Waals surface area contributed by atoms with Gasteiger partial charge < -0.3 is 11.1 Å². The molecule has 0 aromatic carbocycles. The molecule has 4 heteroatoms. The van der Waals surface area contributed by atoms with Gasteiger partial charge in [0.15, 0.2) is 0 Å². The third kappa shape index (κ3) is 3.10. The number of nitrogens with one attached hydrogen (secondary N) is 1. The van der Waals surface area contributed by atoms with Gasteiger partial charge in [-0.3, -0.25) is 9.98 Å². The van der Waals surface area contributed by atoms with Gasteiger partial charge in [0.1, 0.15) is 0 Å². The van der Waals surface area contributed by atoms with Crippen LogP contribution in [0.1, 0.15) is 0 Å². The number of nitrogens with zero attached hydrogens (tertiary/aromatic N) is 2. The Labute approximate surface area is 82.9 Å². The van der Waals surface area contributed by atoms with Crippen LogP contribution in [0.2, 0.25) is 0 Å². The average molecular weight is 188 g/mol. The maximum Gasteiger partial charge on any atom is 0.0727 e. The summed E-state index contributed by atoms with van der Waals surface area (Å²) in [6, 6.07) is 3.68. The smallest absolute Gasteiger partial charge is 0.0727 e. The van der Waals surface area contributed by atoms with E-state index in [0.717, 1.165) is 5.69 Å². The second-order valence-corrected chi connectivity index (χ2v) is 2.44. The lowest BCUT2D eigenvalue weighted by atomic mass is 10.4. The molecule has 0 atom stereocenters. The predicted molar refractivity (Wildman–Crippen MR) is 58.8 cm³/mol. The molecule has 0 amide bonds. The Morgan fingerprint density at radius 3 is 2.79 bits per heavy atom. The molecule has 1 aromatic heterocycles. The summed E-state index contributed by atoms with van der Waals surface area (Å²) < 4.78 is 0. The fraction of sp³-hybridized carbons (Fsp3) is 0. The number of rotatable bonds is 4. The van der Waals surface area contributed by atoms with Crippen molar-refractivity contribution in [1.82, 2.24) is 4.98 Å². The highest BCUT2D eigenvalue weighted by Gasteiger charge is 1.92. The molecule has 0 aliphatic rings. The van der Waals surface area contributed by atoms with Crippen molar-refractivity contribution in [1.29, 1.82) is 0 Å². The summed E-state index contributed by atoms with van der Waals surface area (Å²) in [5.41, 5.74) is 7.01. The van der Waals surface area contributed by atoms with E-state index >= 15 is 0 Å². The number of aliphatic imine (C=N–C) groups is 1. The number of nitrogens with two attached hydrogens (primary N) is 1. The summed E-state index contributed by atoms with van der Waals surface area (Å²) in [5.74, 6) is 0. The van der Waals surface area contributed by atoms with Gasteiger partial charge in [0, 0.05) is 30.5 Å². The zero-order chi connectivity index (χ0) is 10.2. The van der Waals surface area contributed by atoms with Crippen LogP contribution in [0.3, 0.4) is 0 Å². The Morgan fingerprint density at radius 1 is 1.50 bits per heavy atom. The minimum Gasteiger partial charge on any atom is -0.403 e. The summed E-state index contributed by atoms with van der Waals surface area (Å²) in [4.78, 5) is 7.75. The van der Waals surface area contributed by atoms with E-state index in [0.29, 0.717) is 5.70 Å². The molecule has 0 fully saturated rings. The highest BCUT2D eigenvalue weighted by Crippen LogP contribution is 2.05. The van der Waals surface area contributed by atoms with Gasteiger partial charge in [-0.15, -0.1) is 0 Å². The summed E-state index contributed by atoms with van der Waals surface area (Å²) in [7, 11) is 0. The summed E-state index contributed by atoms with van der Waals surface area (Å²) >= 11 is 0. The van der Waals surface area contributed by atoms with Crippen LogP contribution < -0.4 is 11.1 Å². The molecule has 72 valence electrons. The van der Waals surface area contributed by atoms with Crippen molar-refractivity contribution in [3.63, 3.8) is 0 Å². The minimum atomic E-state index is 0.705. The van der Waals surface area contributed by atoms with Gasteiger partial charge in [-0.05, 0) is 12.1 Å². The van der Waals surface area contributed by atoms with Crippen LogP contribution in [0.4, 0.5) is 5.69 Å². The van der Waals surface area contributed by atoms with Crippen molar-refractivity contribution in [2.75, 3.05) is 5.32 Å². The molecule has 0 saturated heterocycles. The molecule has 0 unspecified atom stereocenters. The van der Waals surface area contributed by atoms with E-state index in [-0.39, 0.29) is 0 Å². The van der Waals surface area contributed by atoms with Gasteiger partial charge in [0.2, 0.25) is 0 Å². The molecule has 0 spiro atoms. The van der Waals surface area contributed by atoms with Crippen molar-refractivity contribution in [3.05, 3.63) is 49.2 Å². The standard InChI is InChI=1S/C10H12N4/c1-2-12-8-10(7-11)14-9-3-5-13-6-4-9/h2-8H,1,11H2,(H,13,14)/b10-7+,12-8?. The number of pyridine rings is 1. The van der Waals surface area contributed by atoms with Crippen LogP contribution in [-0.2, 0) is 0 Å². The molecule has 0 aliphatic heterocycles. The van der Waals surface area contributed by atoms with Crippen LogP contribution in [0, 0.1) is 0 Å². The van der Waals surface area contributed by atoms with Gasteiger partial charge >= 0.3 is 0 Å². The molecule has 1 rings (SSSR count). The first-order valence-electron chi connectivity index (χ1n) is 4.10. The lowest BCUT2D eigenvalue weighted by Gasteiger charge is -2.04. The zero-order valence-corrected chi connectivity index (χ0v) is 7.72. The van der Waals surface area contributed by atoms with Crippen molar-refractivity contribution in [3.8, 4) is 0 Å². The topological polar surface area (TPSA) is 63.3 Å². The van der Waals surface area contributed by atoms with Crippen molar-refractivity contribution >= 4 is 11.9 Å². The van der Waals surface area contributed by atoms with Crippen molar-refractivity contribution in [2.45, 2.75) is 0 Å². The predicted octanol–water partition coefficient (Wildman–Crippen LogP) is 1.51. The first kappa shape index (κ1) is 9.98. The van der Waals surface area contributed by atoms with Crippen LogP contribution in [0.25, 0.3) is 0 Å². The number of hydrogen-bond donors (Lipinski definition) is 2. The SMILES string of the molecule is C=CN=C/C(=C\N)Nc1ccncc1. The average Bonchev–Trinajstić information content (AvgIpc) is 2.25. The molecule has 14 heavy (non-hydrogen) atoms. The summed E-state index contributed by atoms with van der Waals surface area (Å²) in [6.07, 6.45) is 7.86. The molecule has 0 bridgehead atoms. The zero-order valence-electron chi connectivity index (χ0n) is 7.72. The van der Waals surface area contributed by atoms with Crippen LogP contribution >= 0.6 is 0 Å². The highest BCUT2D eigenvalue weighted by molar-refractivity contribution is 5.83. The first-order chi connectivity index (χ1) is 6.86. The monoisotopic (exact) mass is 188 g/mol. The van der Waals surface area contributed by atoms with Crippen molar-refractivity contribution < 1.29 is 0 Å². The van der Waals surface area contributed by atoms with Crippen LogP contribution in [0.15, 0.2) is 54.2 Å². The lowest BCUT2D eigenvalue weighted by Crippen LogP contribution is -2.03. The molecule has 1 heterocycles. The fourth-order valence-corrected chi connectivity index (χ4v) is 0.852. The number of allylic oxidation sites excluding steroid dienone is 1. The highest BCUT2D eigenvalue weighted by atomic mass is 14.9. The maximum absolute atomic E-state index is 5.40. The third-order valence-electron chi connectivity index (χ3n) is 1.47. The van der Waals surface area contributed by atoms with E-state index in [1.165, 1.54) is 12.4 Å². The van der Waals surface area contributed by atoms with Gasteiger partial charge in [0.05, 0.1) is 11.9 Å². The Balaban J connectivity index is 2.67. The number of aromatic nitrogens is 1. The molecular weight excluding hydrogens is 176 g/mol. The largest absolute Gasteiger partial charge is 0.403 e. The maximum atomic E-state index is 5.40. The Bertz CT molecular complexity index is 340. The van der Waals surface area contributed by atoms with Crippen LogP contribution in [0.5, 0.6) is 0 Å². The molecule has 3 N–H and O–H groups in total. The number of anilines is 1. The van der Waals surface area contributed by atoms with Crippen LogP contribution in [-0.4, -0.2) is 11.2 Å². The van der Waals surface area contributed by atoms with E-state index in [9.17, 15) is 0 Å². The Hall–Kier alpha value is -2.10. The summed E-state index contributed by atoms with van der Waals surface area (Å²) in [6.45, 7) is 3.47. The minimum absolute atomic E-state index is 0.705. The molecule has 1 aromatic rings. The molecule has 0 saturated carbocycles. The first-order valence-corrected chi connectivity index (χ1v) is 4.10. The van der Waals surface area contributed by atoms with E-state index in [4.69, 9.17) is 5.73 Å². The molecule has 0 radical (unpaired) electrons. The molecule has 0 aliphatic carbocycles.